The summed E-state index contributed by atoms with van der Waals surface area (Å²) in [7, 11) is 0. The number of hydrogen-bond acceptors (Lipinski definition) is 3. The van der Waals surface area contributed by atoms with Gasteiger partial charge in [0.05, 0.1) is 6.61 Å². The summed E-state index contributed by atoms with van der Waals surface area (Å²) in [5.41, 5.74) is 2.70. The molecule has 1 aromatic carbocycles. The van der Waals surface area contributed by atoms with Gasteiger partial charge in [0, 0.05) is 18.3 Å². The zero-order valence-electron chi connectivity index (χ0n) is 11.3. The number of rotatable bonds is 4. The largest absolute Gasteiger partial charge is 0.392 e. The van der Waals surface area contributed by atoms with Gasteiger partial charge < -0.3 is 10.4 Å². The molecule has 0 radical (unpaired) electrons. The van der Waals surface area contributed by atoms with Gasteiger partial charge in [0.15, 0.2) is 0 Å². The topological polar surface area (TPSA) is 32.3 Å². The Hall–Kier alpha value is -0.510. The molecule has 1 aromatic rings. The summed E-state index contributed by atoms with van der Waals surface area (Å²) in [4.78, 5) is 0. The van der Waals surface area contributed by atoms with Gasteiger partial charge in [-0.05, 0) is 28.7 Å². The van der Waals surface area contributed by atoms with Crippen LogP contribution in [0.2, 0.25) is 0 Å². The maximum atomic E-state index is 9.12. The molecule has 0 amide bonds. The second-order valence-electron chi connectivity index (χ2n) is 5.94. The number of aliphatic hydroxyl groups is 1. The molecule has 1 saturated heterocycles. The molecule has 18 heavy (non-hydrogen) atoms. The van der Waals surface area contributed by atoms with Crippen molar-refractivity contribution < 1.29 is 5.11 Å². The van der Waals surface area contributed by atoms with Crippen LogP contribution in [0.1, 0.15) is 31.4 Å². The second kappa shape index (κ2) is 6.09. The highest BCUT2D eigenvalue weighted by Crippen LogP contribution is 2.33. The third kappa shape index (κ3) is 4.01. The maximum absolute atomic E-state index is 9.12. The van der Waals surface area contributed by atoms with Gasteiger partial charge in [0.25, 0.3) is 0 Å². The normalized spacial score (nSPS) is 22.9. The summed E-state index contributed by atoms with van der Waals surface area (Å²) < 4.78 is 0. The van der Waals surface area contributed by atoms with E-state index in [0.717, 1.165) is 12.1 Å². The quantitative estimate of drug-likeness (QED) is 0.878. The standard InChI is InChI=1S/C15H23NOS/c1-15(2)7-14(10-18-11-15)16-8-12-4-3-5-13(6-12)9-17/h3-6,14,16-17H,7-11H2,1-2H3. The minimum atomic E-state index is 0.125. The van der Waals surface area contributed by atoms with Crippen molar-refractivity contribution >= 4 is 11.8 Å². The van der Waals surface area contributed by atoms with Crippen molar-refractivity contribution in [3.8, 4) is 0 Å². The zero-order valence-corrected chi connectivity index (χ0v) is 12.1. The van der Waals surface area contributed by atoms with E-state index in [9.17, 15) is 0 Å². The Balaban J connectivity index is 1.87. The summed E-state index contributed by atoms with van der Waals surface area (Å²) >= 11 is 2.05. The number of nitrogens with one attached hydrogen (secondary N) is 1. The fourth-order valence-corrected chi connectivity index (χ4v) is 3.80. The molecule has 0 saturated carbocycles. The molecule has 1 heterocycles. The van der Waals surface area contributed by atoms with E-state index < -0.39 is 0 Å². The first kappa shape index (κ1) is 13.9. The average Bonchev–Trinajstić information content (AvgIpc) is 2.35. The third-order valence-electron chi connectivity index (χ3n) is 3.38. The Labute approximate surface area is 114 Å². The molecule has 2 N–H and O–H groups in total. The van der Waals surface area contributed by atoms with Crippen molar-refractivity contribution in [3.05, 3.63) is 35.4 Å². The summed E-state index contributed by atoms with van der Waals surface area (Å²) in [6.45, 7) is 5.72. The highest BCUT2D eigenvalue weighted by Gasteiger charge is 2.27. The lowest BCUT2D eigenvalue weighted by Crippen LogP contribution is -2.39. The summed E-state index contributed by atoms with van der Waals surface area (Å²) in [6, 6.07) is 8.78. The molecule has 0 bridgehead atoms. The summed E-state index contributed by atoms with van der Waals surface area (Å²) in [6.07, 6.45) is 1.25. The SMILES string of the molecule is CC1(C)CSCC(NCc2cccc(CO)c2)C1. The molecule has 100 valence electrons. The first-order valence-electron chi connectivity index (χ1n) is 6.59. The van der Waals surface area contributed by atoms with E-state index in [0.29, 0.717) is 11.5 Å². The predicted octanol–water partition coefficient (Wildman–Crippen LogP) is 2.80. The molecule has 3 heteroatoms. The number of hydrogen-bond donors (Lipinski definition) is 2. The Morgan fingerprint density at radius 3 is 2.89 bits per heavy atom. The van der Waals surface area contributed by atoms with Crippen molar-refractivity contribution in [3.63, 3.8) is 0 Å². The molecule has 0 aliphatic carbocycles. The Kier molecular flexibility index (Phi) is 4.71. The van der Waals surface area contributed by atoms with Gasteiger partial charge in [-0.3, -0.25) is 0 Å². The molecule has 0 aromatic heterocycles. The second-order valence-corrected chi connectivity index (χ2v) is 6.97. The Morgan fingerprint density at radius 2 is 2.17 bits per heavy atom. The van der Waals surface area contributed by atoms with E-state index in [-0.39, 0.29) is 6.61 Å². The first-order valence-corrected chi connectivity index (χ1v) is 7.74. The molecule has 2 rings (SSSR count). The van der Waals surface area contributed by atoms with E-state index in [2.05, 4.69) is 43.1 Å². The van der Waals surface area contributed by atoms with Crippen LogP contribution in [0.5, 0.6) is 0 Å². The Morgan fingerprint density at radius 1 is 1.39 bits per heavy atom. The molecule has 2 nitrogen and oxygen atoms in total. The lowest BCUT2D eigenvalue weighted by atomic mass is 9.88. The highest BCUT2D eigenvalue weighted by molar-refractivity contribution is 7.99. The van der Waals surface area contributed by atoms with Gasteiger partial charge in [-0.2, -0.15) is 11.8 Å². The van der Waals surface area contributed by atoms with E-state index in [1.807, 2.05) is 12.1 Å². The van der Waals surface area contributed by atoms with Crippen LogP contribution in [-0.2, 0) is 13.2 Å². The molecule has 1 atom stereocenters. The summed E-state index contributed by atoms with van der Waals surface area (Å²) in [5.74, 6) is 2.48. The van der Waals surface area contributed by atoms with Crippen LogP contribution in [0.25, 0.3) is 0 Å². The van der Waals surface area contributed by atoms with E-state index >= 15 is 0 Å². The van der Waals surface area contributed by atoms with Crippen molar-refractivity contribution in [1.29, 1.82) is 0 Å². The third-order valence-corrected chi connectivity index (χ3v) is 5.00. The predicted molar refractivity (Wildman–Crippen MR) is 78.7 cm³/mol. The molecule has 1 aliphatic heterocycles. The van der Waals surface area contributed by atoms with Gasteiger partial charge in [0.2, 0.25) is 0 Å². The van der Waals surface area contributed by atoms with Crippen molar-refractivity contribution in [1.82, 2.24) is 5.32 Å². The van der Waals surface area contributed by atoms with Gasteiger partial charge in [-0.1, -0.05) is 38.1 Å². The summed E-state index contributed by atoms with van der Waals surface area (Å²) in [5, 5.41) is 12.8. The van der Waals surface area contributed by atoms with E-state index in [4.69, 9.17) is 5.11 Å². The van der Waals surface area contributed by atoms with Crippen molar-refractivity contribution in [2.45, 2.75) is 39.5 Å². The number of benzene rings is 1. The minimum absolute atomic E-state index is 0.125. The van der Waals surface area contributed by atoms with Crippen molar-refractivity contribution in [2.75, 3.05) is 11.5 Å². The van der Waals surface area contributed by atoms with Crippen LogP contribution in [0.3, 0.4) is 0 Å². The van der Waals surface area contributed by atoms with Gasteiger partial charge in [-0.15, -0.1) is 0 Å². The smallest absolute Gasteiger partial charge is 0.0681 e. The van der Waals surface area contributed by atoms with Crippen molar-refractivity contribution in [2.24, 2.45) is 5.41 Å². The molecule has 0 spiro atoms. The van der Waals surface area contributed by atoms with Crippen LogP contribution >= 0.6 is 11.8 Å². The monoisotopic (exact) mass is 265 g/mol. The van der Waals surface area contributed by atoms with E-state index in [1.165, 1.54) is 23.5 Å². The fraction of sp³-hybridized carbons (Fsp3) is 0.600. The van der Waals surface area contributed by atoms with Crippen LogP contribution in [-0.4, -0.2) is 22.7 Å². The van der Waals surface area contributed by atoms with Crippen LogP contribution in [0.15, 0.2) is 24.3 Å². The van der Waals surface area contributed by atoms with Crippen LogP contribution in [0.4, 0.5) is 0 Å². The minimum Gasteiger partial charge on any atom is -0.392 e. The zero-order chi connectivity index (χ0) is 13.0. The van der Waals surface area contributed by atoms with Gasteiger partial charge in [0.1, 0.15) is 0 Å². The van der Waals surface area contributed by atoms with Gasteiger partial charge >= 0.3 is 0 Å². The lowest BCUT2D eigenvalue weighted by molar-refractivity contribution is 0.281. The molecule has 1 aliphatic rings. The number of thioether (sulfide) groups is 1. The fourth-order valence-electron chi connectivity index (χ4n) is 2.49. The molecule has 1 fully saturated rings. The maximum Gasteiger partial charge on any atom is 0.0681 e. The van der Waals surface area contributed by atoms with Gasteiger partial charge in [-0.25, -0.2) is 0 Å². The van der Waals surface area contributed by atoms with Crippen LogP contribution < -0.4 is 5.32 Å². The first-order chi connectivity index (χ1) is 8.59. The highest BCUT2D eigenvalue weighted by atomic mass is 32.2. The molecular formula is C15H23NOS. The van der Waals surface area contributed by atoms with Crippen LogP contribution in [0, 0.1) is 5.41 Å². The van der Waals surface area contributed by atoms with E-state index in [1.54, 1.807) is 0 Å². The lowest BCUT2D eigenvalue weighted by Gasteiger charge is -2.35. The molecular weight excluding hydrogens is 242 g/mol. The number of aliphatic hydroxyl groups excluding tert-OH is 1. The molecule has 1 unspecified atom stereocenters. The average molecular weight is 265 g/mol. The Bertz CT molecular complexity index is 392.